The van der Waals surface area contributed by atoms with Crippen LogP contribution in [0.25, 0.3) is 0 Å². The summed E-state index contributed by atoms with van der Waals surface area (Å²) in [5.74, 6) is 2.74. The van der Waals surface area contributed by atoms with E-state index in [0.717, 1.165) is 12.8 Å². The van der Waals surface area contributed by atoms with Gasteiger partial charge in [0.2, 0.25) is 10.0 Å². The predicted molar refractivity (Wildman–Crippen MR) is 64.7 cm³/mol. The lowest BCUT2D eigenvalue weighted by molar-refractivity contribution is 0.574. The molecule has 1 saturated heterocycles. The van der Waals surface area contributed by atoms with Crippen LogP contribution in [-0.4, -0.2) is 20.7 Å². The summed E-state index contributed by atoms with van der Waals surface area (Å²) in [6.07, 6.45) is 6.94. The zero-order chi connectivity index (χ0) is 11.6. The molecule has 1 aromatic rings. The molecule has 2 rings (SSSR count). The summed E-state index contributed by atoms with van der Waals surface area (Å²) in [7, 11) is -3.14. The Morgan fingerprint density at radius 1 is 1.31 bits per heavy atom. The van der Waals surface area contributed by atoms with Crippen LogP contribution >= 0.6 is 0 Å². The molecule has 16 heavy (non-hydrogen) atoms. The van der Waals surface area contributed by atoms with E-state index in [1.165, 1.54) is 4.31 Å². The van der Waals surface area contributed by atoms with Crippen LogP contribution in [0.2, 0.25) is 0 Å². The molecule has 0 atom stereocenters. The van der Waals surface area contributed by atoms with E-state index in [1.54, 1.807) is 24.3 Å². The molecule has 1 aliphatic heterocycles. The van der Waals surface area contributed by atoms with Gasteiger partial charge in [-0.3, -0.25) is 4.31 Å². The van der Waals surface area contributed by atoms with Crippen LogP contribution in [0.3, 0.4) is 0 Å². The van der Waals surface area contributed by atoms with Crippen LogP contribution in [0.4, 0.5) is 5.69 Å². The Kier molecular flexibility index (Phi) is 2.88. The Morgan fingerprint density at radius 2 is 2.12 bits per heavy atom. The number of rotatable bonds is 1. The standard InChI is InChI=1S/C12H13NO2S/c1-2-11-6-5-7-12(10-11)13-8-3-4-9-16(13,14)15/h1,5-7,10H,3-4,8-9H2. The monoisotopic (exact) mass is 235 g/mol. The Labute approximate surface area is 96.1 Å². The van der Waals surface area contributed by atoms with Gasteiger partial charge in [0.25, 0.3) is 0 Å². The van der Waals surface area contributed by atoms with Gasteiger partial charge < -0.3 is 0 Å². The third kappa shape index (κ3) is 2.05. The molecule has 1 aromatic carbocycles. The van der Waals surface area contributed by atoms with Crippen molar-refractivity contribution in [2.24, 2.45) is 0 Å². The van der Waals surface area contributed by atoms with E-state index in [-0.39, 0.29) is 5.75 Å². The summed E-state index contributed by atoms with van der Waals surface area (Å²) in [5, 5.41) is 0. The minimum absolute atomic E-state index is 0.229. The van der Waals surface area contributed by atoms with E-state index in [9.17, 15) is 8.42 Å². The number of hydrogen-bond donors (Lipinski definition) is 0. The van der Waals surface area contributed by atoms with Crippen LogP contribution in [-0.2, 0) is 10.0 Å². The van der Waals surface area contributed by atoms with Gasteiger partial charge in [0.15, 0.2) is 0 Å². The fourth-order valence-electron chi connectivity index (χ4n) is 1.83. The molecule has 0 unspecified atom stereocenters. The van der Waals surface area contributed by atoms with Crippen molar-refractivity contribution in [2.45, 2.75) is 12.8 Å². The van der Waals surface area contributed by atoms with Crippen LogP contribution in [0.15, 0.2) is 24.3 Å². The second-order valence-electron chi connectivity index (χ2n) is 3.79. The average molecular weight is 235 g/mol. The van der Waals surface area contributed by atoms with E-state index in [4.69, 9.17) is 6.42 Å². The van der Waals surface area contributed by atoms with Crippen LogP contribution in [0.1, 0.15) is 18.4 Å². The van der Waals surface area contributed by atoms with E-state index in [0.29, 0.717) is 17.8 Å². The molecule has 0 amide bonds. The topological polar surface area (TPSA) is 37.4 Å². The number of sulfonamides is 1. The van der Waals surface area contributed by atoms with Crippen LogP contribution in [0.5, 0.6) is 0 Å². The summed E-state index contributed by atoms with van der Waals surface area (Å²) in [6, 6.07) is 7.10. The summed E-state index contributed by atoms with van der Waals surface area (Å²) in [6.45, 7) is 0.552. The van der Waals surface area contributed by atoms with Crippen LogP contribution in [0, 0.1) is 12.3 Å². The summed E-state index contributed by atoms with van der Waals surface area (Å²) >= 11 is 0. The summed E-state index contributed by atoms with van der Waals surface area (Å²) in [4.78, 5) is 0. The van der Waals surface area contributed by atoms with Crippen molar-refractivity contribution in [1.82, 2.24) is 0 Å². The Balaban J connectivity index is 2.40. The van der Waals surface area contributed by atoms with Gasteiger partial charge in [0.05, 0.1) is 11.4 Å². The second-order valence-corrected chi connectivity index (χ2v) is 5.80. The zero-order valence-electron chi connectivity index (χ0n) is 8.89. The van der Waals surface area contributed by atoms with Gasteiger partial charge in [-0.25, -0.2) is 8.42 Å². The highest BCUT2D eigenvalue weighted by Crippen LogP contribution is 2.23. The first-order valence-corrected chi connectivity index (χ1v) is 6.81. The molecule has 0 radical (unpaired) electrons. The van der Waals surface area contributed by atoms with Gasteiger partial charge >= 0.3 is 0 Å². The van der Waals surface area contributed by atoms with E-state index >= 15 is 0 Å². The molecule has 4 heteroatoms. The Morgan fingerprint density at radius 3 is 2.81 bits per heavy atom. The SMILES string of the molecule is C#Cc1cccc(N2CCCCS2(=O)=O)c1. The molecule has 0 aliphatic carbocycles. The van der Waals surface area contributed by atoms with E-state index in [1.807, 2.05) is 0 Å². The van der Waals surface area contributed by atoms with Gasteiger partial charge in [-0.15, -0.1) is 6.42 Å². The molecule has 0 bridgehead atoms. The minimum Gasteiger partial charge on any atom is -0.270 e. The number of terminal acetylenes is 1. The molecule has 1 heterocycles. The molecule has 0 aromatic heterocycles. The fraction of sp³-hybridized carbons (Fsp3) is 0.333. The fourth-order valence-corrected chi connectivity index (χ4v) is 3.46. The highest BCUT2D eigenvalue weighted by atomic mass is 32.2. The van der Waals surface area contributed by atoms with E-state index in [2.05, 4.69) is 5.92 Å². The largest absolute Gasteiger partial charge is 0.270 e. The molecule has 0 N–H and O–H groups in total. The lowest BCUT2D eigenvalue weighted by Crippen LogP contribution is -2.37. The van der Waals surface area contributed by atoms with Gasteiger partial charge in [0.1, 0.15) is 0 Å². The molecule has 84 valence electrons. The highest BCUT2D eigenvalue weighted by Gasteiger charge is 2.25. The summed E-state index contributed by atoms with van der Waals surface area (Å²) < 4.78 is 25.2. The van der Waals surface area contributed by atoms with Crippen molar-refractivity contribution in [3.05, 3.63) is 29.8 Å². The molecular weight excluding hydrogens is 222 g/mol. The molecule has 1 aliphatic rings. The maximum atomic E-state index is 11.9. The zero-order valence-corrected chi connectivity index (χ0v) is 9.70. The first kappa shape index (κ1) is 11.0. The van der Waals surface area contributed by atoms with Gasteiger partial charge in [-0.2, -0.15) is 0 Å². The molecule has 1 fully saturated rings. The highest BCUT2D eigenvalue weighted by molar-refractivity contribution is 7.92. The van der Waals surface area contributed by atoms with Crippen molar-refractivity contribution < 1.29 is 8.42 Å². The third-order valence-corrected chi connectivity index (χ3v) is 4.52. The maximum absolute atomic E-state index is 11.9. The maximum Gasteiger partial charge on any atom is 0.235 e. The molecule has 3 nitrogen and oxygen atoms in total. The first-order chi connectivity index (χ1) is 7.63. The molecular formula is C12H13NO2S. The van der Waals surface area contributed by atoms with Crippen LogP contribution < -0.4 is 4.31 Å². The van der Waals surface area contributed by atoms with Gasteiger partial charge in [-0.1, -0.05) is 12.0 Å². The average Bonchev–Trinajstić information content (AvgIpc) is 2.28. The summed E-state index contributed by atoms with van der Waals surface area (Å²) in [5.41, 5.74) is 1.38. The predicted octanol–water partition coefficient (Wildman–Crippen LogP) is 1.60. The minimum atomic E-state index is -3.14. The first-order valence-electron chi connectivity index (χ1n) is 5.20. The van der Waals surface area contributed by atoms with Crippen molar-refractivity contribution in [3.8, 4) is 12.3 Å². The smallest absolute Gasteiger partial charge is 0.235 e. The number of nitrogens with zero attached hydrogens (tertiary/aromatic N) is 1. The normalized spacial score (nSPS) is 19.1. The van der Waals surface area contributed by atoms with Crippen molar-refractivity contribution in [3.63, 3.8) is 0 Å². The second kappa shape index (κ2) is 4.18. The van der Waals surface area contributed by atoms with Crippen molar-refractivity contribution in [2.75, 3.05) is 16.6 Å². The Bertz CT molecular complexity index is 528. The van der Waals surface area contributed by atoms with Gasteiger partial charge in [0, 0.05) is 12.1 Å². The van der Waals surface area contributed by atoms with Gasteiger partial charge in [-0.05, 0) is 31.0 Å². The van der Waals surface area contributed by atoms with Crippen molar-refractivity contribution >= 4 is 15.7 Å². The molecule has 0 saturated carbocycles. The number of anilines is 1. The lowest BCUT2D eigenvalue weighted by Gasteiger charge is -2.28. The van der Waals surface area contributed by atoms with Crippen molar-refractivity contribution in [1.29, 1.82) is 0 Å². The number of benzene rings is 1. The quantitative estimate of drug-likeness (QED) is 0.693. The molecule has 0 spiro atoms. The lowest BCUT2D eigenvalue weighted by atomic mass is 10.2. The Hall–Kier alpha value is -1.47. The third-order valence-electron chi connectivity index (χ3n) is 2.65. The van der Waals surface area contributed by atoms with E-state index < -0.39 is 10.0 Å². The number of hydrogen-bond acceptors (Lipinski definition) is 2.